The van der Waals surface area contributed by atoms with Gasteiger partial charge in [-0.05, 0) is 6.42 Å². The number of rotatable bonds is 16. The number of unbranched alkanes of at least 4 members (excludes halogenated alkanes) is 13. The third-order valence-corrected chi connectivity index (χ3v) is 5.77. The van der Waals surface area contributed by atoms with E-state index in [0.717, 1.165) is 0 Å². The van der Waals surface area contributed by atoms with Gasteiger partial charge in [-0.1, -0.05) is 115 Å². The Morgan fingerprint density at radius 1 is 0.536 bits per heavy atom. The summed E-state index contributed by atoms with van der Waals surface area (Å²) in [5.74, 6) is 0. The first kappa shape index (κ1) is 22.7. The molecule has 154 valence electrons. The minimum atomic E-state index is 1.17. The highest BCUT2D eigenvalue weighted by atomic mass is 15.0. The second kappa shape index (κ2) is 15.3. The fourth-order valence-corrected chi connectivity index (χ4v) is 4.02. The number of pyridine rings is 1. The van der Waals surface area contributed by atoms with Crippen LogP contribution in [0.4, 0.5) is 0 Å². The van der Waals surface area contributed by atoms with Crippen molar-refractivity contribution in [1.29, 1.82) is 0 Å². The van der Waals surface area contributed by atoms with Gasteiger partial charge in [0.2, 0.25) is 5.69 Å². The molecule has 2 aromatic rings. The lowest BCUT2D eigenvalue weighted by Gasteiger charge is -2.04. The van der Waals surface area contributed by atoms with E-state index in [0.29, 0.717) is 0 Å². The lowest BCUT2D eigenvalue weighted by molar-refractivity contribution is -0.604. The van der Waals surface area contributed by atoms with Crippen molar-refractivity contribution in [2.75, 3.05) is 0 Å². The molecule has 1 heterocycles. The van der Waals surface area contributed by atoms with Crippen LogP contribution in [0.5, 0.6) is 0 Å². The molecule has 28 heavy (non-hydrogen) atoms. The number of hydrogen-bond donors (Lipinski definition) is 0. The summed E-state index contributed by atoms with van der Waals surface area (Å²) in [5.41, 5.74) is 2.69. The van der Waals surface area contributed by atoms with Crippen LogP contribution in [0.15, 0.2) is 54.7 Å². The largest absolute Gasteiger partial charge is 0.210 e. The van der Waals surface area contributed by atoms with Gasteiger partial charge in [-0.15, -0.1) is 0 Å². The molecule has 0 saturated heterocycles. The molecular weight excluding hydrogens is 338 g/mol. The molecule has 1 nitrogen and oxygen atoms in total. The van der Waals surface area contributed by atoms with Crippen LogP contribution in [-0.4, -0.2) is 0 Å². The van der Waals surface area contributed by atoms with E-state index in [4.69, 9.17) is 0 Å². The monoisotopic (exact) mass is 380 g/mol. The summed E-state index contributed by atoms with van der Waals surface area (Å²) in [6.07, 6.45) is 23.3. The smallest absolute Gasteiger partial charge is 0.165 e. The summed E-state index contributed by atoms with van der Waals surface area (Å²) in [6, 6.07) is 17.3. The molecule has 0 radical (unpaired) electrons. The minimum Gasteiger partial charge on any atom is -0.165 e. The maximum absolute atomic E-state index is 2.34. The molecule has 1 aromatic carbocycles. The van der Waals surface area contributed by atoms with Crippen molar-refractivity contribution in [3.8, 4) is 5.69 Å². The summed E-state index contributed by atoms with van der Waals surface area (Å²) < 4.78 is 2.34. The fraction of sp³-hybridized carbons (Fsp3) is 0.593. The maximum Gasteiger partial charge on any atom is 0.210 e. The Morgan fingerprint density at radius 2 is 1.04 bits per heavy atom. The highest BCUT2D eigenvalue weighted by Gasteiger charge is 2.11. The highest BCUT2D eigenvalue weighted by molar-refractivity contribution is 5.22. The van der Waals surface area contributed by atoms with Gasteiger partial charge >= 0.3 is 0 Å². The Balaban J connectivity index is 1.48. The molecule has 0 atom stereocenters. The van der Waals surface area contributed by atoms with E-state index in [1.54, 1.807) is 0 Å². The molecule has 0 aliphatic carbocycles. The molecule has 0 fully saturated rings. The van der Waals surface area contributed by atoms with E-state index in [1.165, 1.54) is 108 Å². The molecule has 0 amide bonds. The van der Waals surface area contributed by atoms with E-state index in [2.05, 4.69) is 66.2 Å². The quantitative estimate of drug-likeness (QED) is 0.205. The summed E-state index contributed by atoms with van der Waals surface area (Å²) in [6.45, 7) is 2.29. The number of hydrogen-bond acceptors (Lipinski definition) is 0. The van der Waals surface area contributed by atoms with Crippen molar-refractivity contribution in [2.45, 2.75) is 103 Å². The van der Waals surface area contributed by atoms with Gasteiger partial charge in [0.1, 0.15) is 0 Å². The zero-order valence-corrected chi connectivity index (χ0v) is 18.2. The average Bonchev–Trinajstić information content (AvgIpc) is 2.75. The summed E-state index contributed by atoms with van der Waals surface area (Å²) in [7, 11) is 0. The third-order valence-electron chi connectivity index (χ3n) is 5.77. The average molecular weight is 381 g/mol. The van der Waals surface area contributed by atoms with Gasteiger partial charge in [-0.2, -0.15) is 4.57 Å². The second-order valence-electron chi connectivity index (χ2n) is 8.24. The van der Waals surface area contributed by atoms with Crippen molar-refractivity contribution < 1.29 is 4.57 Å². The van der Waals surface area contributed by atoms with Gasteiger partial charge in [0.05, 0.1) is 0 Å². The van der Waals surface area contributed by atoms with Gasteiger partial charge < -0.3 is 0 Å². The summed E-state index contributed by atoms with van der Waals surface area (Å²) >= 11 is 0. The zero-order valence-electron chi connectivity index (χ0n) is 18.2. The minimum absolute atomic E-state index is 1.17. The summed E-state index contributed by atoms with van der Waals surface area (Å²) in [5, 5.41) is 0. The Bertz CT molecular complexity index is 605. The van der Waals surface area contributed by atoms with E-state index in [-0.39, 0.29) is 0 Å². The number of aryl methyl sites for hydroxylation is 1. The zero-order chi connectivity index (χ0) is 19.7. The predicted octanol–water partition coefficient (Wildman–Crippen LogP) is 7.99. The first-order chi connectivity index (χ1) is 13.9. The maximum atomic E-state index is 2.34. The molecule has 0 bridgehead atoms. The molecule has 0 saturated carbocycles. The van der Waals surface area contributed by atoms with Gasteiger partial charge in [0.25, 0.3) is 0 Å². The molecule has 0 spiro atoms. The molecule has 0 unspecified atom stereocenters. The van der Waals surface area contributed by atoms with Crippen molar-refractivity contribution >= 4 is 0 Å². The predicted molar refractivity (Wildman–Crippen MR) is 122 cm³/mol. The first-order valence-electron chi connectivity index (χ1n) is 12.0. The van der Waals surface area contributed by atoms with Crippen molar-refractivity contribution in [2.24, 2.45) is 0 Å². The van der Waals surface area contributed by atoms with Crippen LogP contribution >= 0.6 is 0 Å². The number of nitrogens with zero attached hydrogens (tertiary/aromatic N) is 1. The Labute approximate surface area is 174 Å². The van der Waals surface area contributed by atoms with E-state index in [9.17, 15) is 0 Å². The standard InChI is InChI=1S/C27H42N/c1-2-3-4-5-6-7-8-9-10-11-12-13-14-16-21-27-24-19-20-25-28(27)26-22-17-15-18-23-26/h15,17-20,22-25H,2-14,16,21H2,1H3/q+1. The molecule has 0 N–H and O–H groups in total. The third kappa shape index (κ3) is 9.53. The fourth-order valence-electron chi connectivity index (χ4n) is 4.02. The van der Waals surface area contributed by atoms with Gasteiger partial charge in [0.15, 0.2) is 11.9 Å². The van der Waals surface area contributed by atoms with E-state index < -0.39 is 0 Å². The van der Waals surface area contributed by atoms with Crippen LogP contribution in [0.1, 0.15) is 103 Å². The molecular formula is C27H42N+. The van der Waals surface area contributed by atoms with Crippen molar-refractivity contribution in [3.63, 3.8) is 0 Å². The van der Waals surface area contributed by atoms with Crippen molar-refractivity contribution in [1.82, 2.24) is 0 Å². The molecule has 1 heteroatoms. The van der Waals surface area contributed by atoms with Gasteiger partial charge in [0, 0.05) is 30.7 Å². The lowest BCUT2D eigenvalue weighted by atomic mass is 10.0. The molecule has 0 aliphatic rings. The lowest BCUT2D eigenvalue weighted by Crippen LogP contribution is -2.34. The topological polar surface area (TPSA) is 3.88 Å². The van der Waals surface area contributed by atoms with Crippen LogP contribution in [-0.2, 0) is 6.42 Å². The normalized spacial score (nSPS) is 11.0. The SMILES string of the molecule is CCCCCCCCCCCCCCCCc1cccc[n+]1-c1ccccc1. The second-order valence-corrected chi connectivity index (χ2v) is 8.24. The van der Waals surface area contributed by atoms with E-state index in [1.807, 2.05) is 0 Å². The molecule has 1 aromatic heterocycles. The Hall–Kier alpha value is -1.63. The molecule has 0 aliphatic heterocycles. The van der Waals surface area contributed by atoms with Crippen LogP contribution in [0, 0.1) is 0 Å². The first-order valence-corrected chi connectivity index (χ1v) is 12.0. The van der Waals surface area contributed by atoms with Crippen LogP contribution in [0.3, 0.4) is 0 Å². The van der Waals surface area contributed by atoms with Crippen molar-refractivity contribution in [3.05, 3.63) is 60.4 Å². The number of benzene rings is 1. The number of aromatic nitrogens is 1. The highest BCUT2D eigenvalue weighted by Crippen LogP contribution is 2.13. The van der Waals surface area contributed by atoms with Gasteiger partial charge in [-0.3, -0.25) is 0 Å². The number of para-hydroxylation sites is 1. The van der Waals surface area contributed by atoms with Gasteiger partial charge in [-0.25, -0.2) is 0 Å². The Kier molecular flexibility index (Phi) is 12.4. The van der Waals surface area contributed by atoms with Crippen LogP contribution in [0.25, 0.3) is 5.69 Å². The van der Waals surface area contributed by atoms with Crippen LogP contribution in [0.2, 0.25) is 0 Å². The Morgan fingerprint density at radius 3 is 1.61 bits per heavy atom. The van der Waals surface area contributed by atoms with E-state index >= 15 is 0 Å². The summed E-state index contributed by atoms with van der Waals surface area (Å²) in [4.78, 5) is 0. The molecule has 2 rings (SSSR count). The van der Waals surface area contributed by atoms with Crippen LogP contribution < -0.4 is 4.57 Å².